The Balaban J connectivity index is 2.50. The highest BCUT2D eigenvalue weighted by molar-refractivity contribution is 5.83. The zero-order valence-corrected chi connectivity index (χ0v) is 11.1. The lowest BCUT2D eigenvalue weighted by molar-refractivity contribution is -0.385. The predicted octanol–water partition coefficient (Wildman–Crippen LogP) is 0.407. The summed E-state index contributed by atoms with van der Waals surface area (Å²) < 4.78 is 1.27. The van der Waals surface area contributed by atoms with Crippen molar-refractivity contribution < 1.29 is 19.6 Å². The molecular weight excluding hydrogens is 268 g/mol. The number of hydrogen-bond acceptors (Lipinski definition) is 5. The van der Waals surface area contributed by atoms with Crippen LogP contribution in [-0.2, 0) is 16.1 Å². The van der Waals surface area contributed by atoms with Gasteiger partial charge in [-0.15, -0.1) is 0 Å². The second-order valence-electron chi connectivity index (χ2n) is 4.60. The lowest BCUT2D eigenvalue weighted by atomic mass is 10.0. The summed E-state index contributed by atoms with van der Waals surface area (Å²) in [4.78, 5) is 32.4. The van der Waals surface area contributed by atoms with Crippen LogP contribution in [0.25, 0.3) is 0 Å². The minimum absolute atomic E-state index is 0.00463. The maximum atomic E-state index is 11.6. The summed E-state index contributed by atoms with van der Waals surface area (Å²) in [6.07, 6.45) is 2.30. The van der Waals surface area contributed by atoms with Crippen molar-refractivity contribution in [2.24, 2.45) is 5.92 Å². The number of nitrogens with one attached hydrogen (secondary N) is 1. The Hall–Kier alpha value is -2.45. The van der Waals surface area contributed by atoms with E-state index >= 15 is 0 Å². The summed E-state index contributed by atoms with van der Waals surface area (Å²) in [6.45, 7) is 3.52. The van der Waals surface area contributed by atoms with Gasteiger partial charge in [0, 0.05) is 13.0 Å². The van der Waals surface area contributed by atoms with Gasteiger partial charge < -0.3 is 10.4 Å². The van der Waals surface area contributed by atoms with E-state index in [1.807, 2.05) is 0 Å². The molecule has 20 heavy (non-hydrogen) atoms. The number of nitro groups is 1. The predicted molar refractivity (Wildman–Crippen MR) is 67.9 cm³/mol. The van der Waals surface area contributed by atoms with E-state index in [2.05, 4.69) is 10.4 Å². The molecule has 1 unspecified atom stereocenters. The summed E-state index contributed by atoms with van der Waals surface area (Å²) in [6, 6.07) is -0.950. The average Bonchev–Trinajstić information content (AvgIpc) is 2.81. The molecule has 9 nitrogen and oxygen atoms in total. The summed E-state index contributed by atoms with van der Waals surface area (Å²) >= 11 is 0. The minimum atomic E-state index is -1.09. The molecule has 0 bridgehead atoms. The maximum Gasteiger partial charge on any atom is 0.326 e. The monoisotopic (exact) mass is 284 g/mol. The topological polar surface area (TPSA) is 127 Å². The maximum absolute atomic E-state index is 11.6. The molecule has 0 aromatic carbocycles. The molecule has 1 aromatic heterocycles. The third kappa shape index (κ3) is 4.34. The Bertz CT molecular complexity index is 511. The molecule has 9 heteroatoms. The van der Waals surface area contributed by atoms with E-state index in [0.29, 0.717) is 0 Å². The van der Waals surface area contributed by atoms with Gasteiger partial charge in [-0.05, 0) is 5.92 Å². The fraction of sp³-hybridized carbons (Fsp3) is 0.545. The molecule has 2 N–H and O–H groups in total. The molecule has 0 fully saturated rings. The van der Waals surface area contributed by atoms with Crippen LogP contribution in [-0.4, -0.2) is 37.7 Å². The van der Waals surface area contributed by atoms with Crippen LogP contribution in [0.4, 0.5) is 5.69 Å². The molecule has 0 saturated carbocycles. The second kappa shape index (κ2) is 6.64. The summed E-state index contributed by atoms with van der Waals surface area (Å²) in [5.41, 5.74) is -0.156. The number of aromatic nitrogens is 2. The zero-order chi connectivity index (χ0) is 15.3. The Morgan fingerprint density at radius 2 is 2.20 bits per heavy atom. The first-order valence-electron chi connectivity index (χ1n) is 6.00. The van der Waals surface area contributed by atoms with Crippen LogP contribution in [0.1, 0.15) is 20.3 Å². The molecule has 0 saturated heterocycles. The van der Waals surface area contributed by atoms with Crippen LogP contribution < -0.4 is 5.32 Å². The first-order valence-corrected chi connectivity index (χ1v) is 6.00. The number of carbonyl (C=O) groups is 2. The van der Waals surface area contributed by atoms with Crippen LogP contribution in [0.5, 0.6) is 0 Å². The largest absolute Gasteiger partial charge is 0.480 e. The van der Waals surface area contributed by atoms with Gasteiger partial charge in [0.1, 0.15) is 18.4 Å². The van der Waals surface area contributed by atoms with Crippen molar-refractivity contribution in [2.75, 3.05) is 0 Å². The smallest absolute Gasteiger partial charge is 0.326 e. The van der Waals surface area contributed by atoms with Gasteiger partial charge in [0.15, 0.2) is 0 Å². The van der Waals surface area contributed by atoms with Crippen molar-refractivity contribution in [3.8, 4) is 0 Å². The van der Waals surface area contributed by atoms with Gasteiger partial charge >= 0.3 is 11.7 Å². The Morgan fingerprint density at radius 1 is 1.55 bits per heavy atom. The summed E-state index contributed by atoms with van der Waals surface area (Å²) in [7, 11) is 0. The first-order chi connectivity index (χ1) is 9.31. The van der Waals surface area contributed by atoms with E-state index in [1.165, 1.54) is 10.9 Å². The van der Waals surface area contributed by atoms with Crippen LogP contribution in [0, 0.1) is 16.0 Å². The SMILES string of the molecule is CC(C)C(NC(=O)CCn1cc([N+](=O)[O-])cn1)C(=O)O. The molecule has 1 atom stereocenters. The van der Waals surface area contributed by atoms with Gasteiger partial charge in [0.05, 0.1) is 4.92 Å². The van der Waals surface area contributed by atoms with Gasteiger partial charge in [-0.3, -0.25) is 19.6 Å². The third-order valence-electron chi connectivity index (χ3n) is 2.65. The Labute approximate surface area is 114 Å². The fourth-order valence-electron chi connectivity index (χ4n) is 1.54. The third-order valence-corrected chi connectivity index (χ3v) is 2.65. The number of aryl methyl sites for hydroxylation is 1. The average molecular weight is 284 g/mol. The standard InChI is InChI=1S/C11H16N4O5/c1-7(2)10(11(17)18)13-9(16)3-4-14-6-8(5-12-14)15(19)20/h5-7,10H,3-4H2,1-2H3,(H,13,16)(H,17,18). The van der Waals surface area contributed by atoms with E-state index < -0.39 is 22.8 Å². The summed E-state index contributed by atoms with van der Waals surface area (Å²) in [5.74, 6) is -1.77. The number of hydrogen-bond donors (Lipinski definition) is 2. The van der Waals surface area contributed by atoms with Gasteiger partial charge in [-0.1, -0.05) is 13.8 Å². The minimum Gasteiger partial charge on any atom is -0.480 e. The fourth-order valence-corrected chi connectivity index (χ4v) is 1.54. The molecule has 110 valence electrons. The Kier molecular flexibility index (Phi) is 5.18. The van der Waals surface area contributed by atoms with E-state index in [0.717, 1.165) is 6.20 Å². The highest BCUT2D eigenvalue weighted by atomic mass is 16.6. The molecule has 0 radical (unpaired) electrons. The first kappa shape index (κ1) is 15.6. The van der Waals surface area contributed by atoms with Gasteiger partial charge in [-0.2, -0.15) is 5.10 Å². The zero-order valence-electron chi connectivity index (χ0n) is 11.1. The lowest BCUT2D eigenvalue weighted by Crippen LogP contribution is -2.44. The van der Waals surface area contributed by atoms with E-state index in [1.54, 1.807) is 13.8 Å². The van der Waals surface area contributed by atoms with E-state index in [-0.39, 0.29) is 24.6 Å². The van der Waals surface area contributed by atoms with Gasteiger partial charge in [-0.25, -0.2) is 4.79 Å². The van der Waals surface area contributed by atoms with Crippen molar-refractivity contribution in [1.82, 2.24) is 15.1 Å². The molecule has 0 aliphatic heterocycles. The highest BCUT2D eigenvalue weighted by Gasteiger charge is 2.23. The number of nitrogens with zero attached hydrogens (tertiary/aromatic N) is 3. The van der Waals surface area contributed by atoms with Crippen molar-refractivity contribution in [2.45, 2.75) is 32.9 Å². The molecule has 1 heterocycles. The van der Waals surface area contributed by atoms with E-state index in [4.69, 9.17) is 5.11 Å². The van der Waals surface area contributed by atoms with Gasteiger partial charge in [0.25, 0.3) is 0 Å². The molecule has 0 spiro atoms. The van der Waals surface area contributed by atoms with Crippen LogP contribution in [0.15, 0.2) is 12.4 Å². The molecule has 1 amide bonds. The lowest BCUT2D eigenvalue weighted by Gasteiger charge is -2.17. The molecule has 0 aliphatic carbocycles. The van der Waals surface area contributed by atoms with E-state index in [9.17, 15) is 19.7 Å². The van der Waals surface area contributed by atoms with Crippen LogP contribution in [0.3, 0.4) is 0 Å². The normalized spacial score (nSPS) is 12.2. The van der Waals surface area contributed by atoms with Crippen molar-refractivity contribution in [3.05, 3.63) is 22.5 Å². The van der Waals surface area contributed by atoms with Crippen LogP contribution in [0.2, 0.25) is 0 Å². The number of rotatable bonds is 7. The number of carboxylic acid groups (broad SMARTS) is 1. The molecular formula is C11H16N4O5. The number of carbonyl (C=O) groups excluding carboxylic acids is 1. The molecule has 1 aromatic rings. The second-order valence-corrected chi connectivity index (χ2v) is 4.60. The molecule has 1 rings (SSSR count). The number of amides is 1. The Morgan fingerprint density at radius 3 is 2.65 bits per heavy atom. The highest BCUT2D eigenvalue weighted by Crippen LogP contribution is 2.08. The number of aliphatic carboxylic acids is 1. The quantitative estimate of drug-likeness (QED) is 0.551. The molecule has 0 aliphatic rings. The van der Waals surface area contributed by atoms with Crippen molar-refractivity contribution in [1.29, 1.82) is 0 Å². The van der Waals surface area contributed by atoms with Crippen LogP contribution >= 0.6 is 0 Å². The summed E-state index contributed by atoms with van der Waals surface area (Å²) in [5, 5.41) is 25.5. The van der Waals surface area contributed by atoms with Crippen molar-refractivity contribution >= 4 is 17.6 Å². The van der Waals surface area contributed by atoms with Crippen molar-refractivity contribution in [3.63, 3.8) is 0 Å². The van der Waals surface area contributed by atoms with Gasteiger partial charge in [0.2, 0.25) is 5.91 Å². The number of carboxylic acids is 1.